The highest BCUT2D eigenvalue weighted by atomic mass is 32.1. The average Bonchev–Trinajstić information content (AvgIpc) is 3.00. The third-order valence-corrected chi connectivity index (χ3v) is 5.63. The third-order valence-electron chi connectivity index (χ3n) is 4.35. The molecule has 1 N–H and O–H groups in total. The van der Waals surface area contributed by atoms with Gasteiger partial charge in [-0.3, -0.25) is 9.69 Å². The van der Waals surface area contributed by atoms with Crippen molar-refractivity contribution >= 4 is 27.4 Å². The monoisotopic (exact) mass is 289 g/mol. The minimum Gasteiger partial charge on any atom is -0.480 e. The highest BCUT2D eigenvalue weighted by Crippen LogP contribution is 2.37. The Kier molecular flexibility index (Phi) is 3.52. The van der Waals surface area contributed by atoms with Gasteiger partial charge in [-0.05, 0) is 43.3 Å². The van der Waals surface area contributed by atoms with Crippen LogP contribution >= 0.6 is 11.3 Å². The Morgan fingerprint density at radius 2 is 2.20 bits per heavy atom. The molecule has 1 aromatic carbocycles. The molecule has 2 heterocycles. The van der Waals surface area contributed by atoms with Crippen molar-refractivity contribution in [1.29, 1.82) is 0 Å². The molecule has 20 heavy (non-hydrogen) atoms. The lowest BCUT2D eigenvalue weighted by Gasteiger charge is -2.28. The maximum atomic E-state index is 11.5. The molecular weight excluding hydrogens is 270 g/mol. The maximum Gasteiger partial charge on any atom is 0.321 e. The van der Waals surface area contributed by atoms with E-state index in [0.29, 0.717) is 0 Å². The molecule has 3 unspecified atom stereocenters. The number of carboxylic acid groups (broad SMARTS) is 1. The number of carbonyl (C=O) groups is 1. The Morgan fingerprint density at radius 1 is 1.45 bits per heavy atom. The molecule has 1 aliphatic rings. The molecule has 4 heteroatoms. The molecule has 1 saturated heterocycles. The number of hydrogen-bond donors (Lipinski definition) is 1. The van der Waals surface area contributed by atoms with E-state index in [1.165, 1.54) is 15.0 Å². The summed E-state index contributed by atoms with van der Waals surface area (Å²) in [6.07, 6.45) is 0.964. The van der Waals surface area contributed by atoms with Gasteiger partial charge in [0.2, 0.25) is 0 Å². The quantitative estimate of drug-likeness (QED) is 0.935. The lowest BCUT2D eigenvalue weighted by molar-refractivity contribution is -0.144. The van der Waals surface area contributed by atoms with Crippen LogP contribution in [0.1, 0.15) is 31.2 Å². The number of nitrogens with zero attached hydrogens (tertiary/aromatic N) is 1. The van der Waals surface area contributed by atoms with E-state index in [1.54, 1.807) is 11.3 Å². The van der Waals surface area contributed by atoms with Gasteiger partial charge in [-0.15, -0.1) is 11.3 Å². The molecular formula is C16H19NO2S. The van der Waals surface area contributed by atoms with Crippen LogP contribution in [0.2, 0.25) is 0 Å². The largest absolute Gasteiger partial charge is 0.480 e. The van der Waals surface area contributed by atoms with Crippen LogP contribution in [-0.4, -0.2) is 28.6 Å². The number of benzene rings is 1. The molecule has 1 aromatic heterocycles. The summed E-state index contributed by atoms with van der Waals surface area (Å²) in [5.74, 6) is -0.465. The molecule has 0 aliphatic carbocycles. The molecule has 3 atom stereocenters. The van der Waals surface area contributed by atoms with Crippen LogP contribution in [0.5, 0.6) is 0 Å². The summed E-state index contributed by atoms with van der Waals surface area (Å²) in [5.41, 5.74) is 0. The number of aliphatic carboxylic acids is 1. The molecule has 0 saturated carbocycles. The second-order valence-electron chi connectivity index (χ2n) is 5.65. The summed E-state index contributed by atoms with van der Waals surface area (Å²) in [5, 5.41) is 10.7. The van der Waals surface area contributed by atoms with E-state index in [4.69, 9.17) is 0 Å². The fourth-order valence-corrected chi connectivity index (χ4v) is 4.31. The van der Waals surface area contributed by atoms with Gasteiger partial charge in [0, 0.05) is 15.6 Å². The zero-order chi connectivity index (χ0) is 14.3. The Balaban J connectivity index is 1.91. The van der Waals surface area contributed by atoms with Crippen LogP contribution in [0.3, 0.4) is 0 Å². The molecule has 106 valence electrons. The van der Waals surface area contributed by atoms with E-state index >= 15 is 0 Å². The molecule has 0 spiro atoms. The molecule has 2 aromatic rings. The Bertz CT molecular complexity index is 603. The first-order valence-electron chi connectivity index (χ1n) is 7.05. The van der Waals surface area contributed by atoms with Crippen LogP contribution in [0.25, 0.3) is 10.1 Å². The summed E-state index contributed by atoms with van der Waals surface area (Å²) >= 11 is 1.77. The van der Waals surface area contributed by atoms with E-state index in [2.05, 4.69) is 30.0 Å². The molecule has 3 rings (SSSR count). The average molecular weight is 289 g/mol. The summed E-state index contributed by atoms with van der Waals surface area (Å²) in [6, 6.07) is 10.3. The number of likely N-dealkylation sites (tertiary alicyclic amines) is 1. The van der Waals surface area contributed by atoms with Crippen molar-refractivity contribution in [3.05, 3.63) is 35.2 Å². The first-order valence-corrected chi connectivity index (χ1v) is 7.86. The Labute approximate surface area is 122 Å². The van der Waals surface area contributed by atoms with Gasteiger partial charge in [0.25, 0.3) is 0 Å². The van der Waals surface area contributed by atoms with Crippen LogP contribution in [0.4, 0.5) is 0 Å². The minimum atomic E-state index is -0.692. The lowest BCUT2D eigenvalue weighted by Crippen LogP contribution is -2.40. The molecule has 0 amide bonds. The lowest BCUT2D eigenvalue weighted by atomic mass is 10.0. The van der Waals surface area contributed by atoms with Crippen molar-refractivity contribution in [2.24, 2.45) is 5.92 Å². The molecule has 1 aliphatic heterocycles. The highest BCUT2D eigenvalue weighted by molar-refractivity contribution is 7.19. The van der Waals surface area contributed by atoms with E-state index < -0.39 is 5.97 Å². The van der Waals surface area contributed by atoms with Gasteiger partial charge < -0.3 is 5.11 Å². The van der Waals surface area contributed by atoms with Crippen molar-refractivity contribution in [3.63, 3.8) is 0 Å². The van der Waals surface area contributed by atoms with Crippen molar-refractivity contribution in [1.82, 2.24) is 4.90 Å². The number of hydrogen-bond acceptors (Lipinski definition) is 3. The van der Waals surface area contributed by atoms with Crippen molar-refractivity contribution in [2.45, 2.75) is 32.4 Å². The van der Waals surface area contributed by atoms with Gasteiger partial charge in [-0.2, -0.15) is 0 Å². The third kappa shape index (κ3) is 2.23. The molecule has 1 fully saturated rings. The Hall–Kier alpha value is -1.39. The minimum absolute atomic E-state index is 0.165. The second-order valence-corrected chi connectivity index (χ2v) is 6.76. The number of fused-ring (bicyclic) bond motifs is 1. The smallest absolute Gasteiger partial charge is 0.321 e. The summed E-state index contributed by atoms with van der Waals surface area (Å²) < 4.78 is 1.27. The first kappa shape index (κ1) is 13.6. The van der Waals surface area contributed by atoms with Gasteiger partial charge in [0.15, 0.2) is 0 Å². The summed E-state index contributed by atoms with van der Waals surface area (Å²) in [7, 11) is 0. The zero-order valence-corrected chi connectivity index (χ0v) is 12.6. The van der Waals surface area contributed by atoms with Crippen molar-refractivity contribution in [2.75, 3.05) is 6.54 Å². The van der Waals surface area contributed by atoms with E-state index in [-0.39, 0.29) is 18.0 Å². The predicted octanol–water partition coefficient (Wildman–Crippen LogP) is 3.76. The van der Waals surface area contributed by atoms with Gasteiger partial charge in [0.1, 0.15) is 6.04 Å². The van der Waals surface area contributed by atoms with Crippen molar-refractivity contribution < 1.29 is 9.90 Å². The predicted molar refractivity (Wildman–Crippen MR) is 82.2 cm³/mol. The van der Waals surface area contributed by atoms with Crippen LogP contribution in [-0.2, 0) is 4.79 Å². The van der Waals surface area contributed by atoms with Gasteiger partial charge in [-0.1, -0.05) is 25.1 Å². The topological polar surface area (TPSA) is 40.5 Å². The van der Waals surface area contributed by atoms with Gasteiger partial charge in [0.05, 0.1) is 0 Å². The van der Waals surface area contributed by atoms with Gasteiger partial charge >= 0.3 is 5.97 Å². The maximum absolute atomic E-state index is 11.5. The molecule has 3 nitrogen and oxygen atoms in total. The number of rotatable bonds is 3. The zero-order valence-electron chi connectivity index (χ0n) is 11.7. The normalized spacial score (nSPS) is 25.1. The first-order chi connectivity index (χ1) is 9.58. The Morgan fingerprint density at radius 3 is 2.90 bits per heavy atom. The SMILES string of the molecule is CC1CCN(C(C)c2cc3ccccc3s2)C1C(=O)O. The second kappa shape index (κ2) is 5.19. The van der Waals surface area contributed by atoms with E-state index in [9.17, 15) is 9.90 Å². The summed E-state index contributed by atoms with van der Waals surface area (Å²) in [6.45, 7) is 5.03. The summed E-state index contributed by atoms with van der Waals surface area (Å²) in [4.78, 5) is 14.9. The number of thiophene rings is 1. The van der Waals surface area contributed by atoms with Crippen LogP contribution in [0.15, 0.2) is 30.3 Å². The van der Waals surface area contributed by atoms with E-state index in [1.807, 2.05) is 19.1 Å². The molecule has 0 bridgehead atoms. The number of carboxylic acids is 1. The fraction of sp³-hybridized carbons (Fsp3) is 0.438. The van der Waals surface area contributed by atoms with E-state index in [0.717, 1.165) is 13.0 Å². The van der Waals surface area contributed by atoms with Gasteiger partial charge in [-0.25, -0.2) is 0 Å². The van der Waals surface area contributed by atoms with Crippen molar-refractivity contribution in [3.8, 4) is 0 Å². The fourth-order valence-electron chi connectivity index (χ4n) is 3.17. The van der Waals surface area contributed by atoms with Crippen LogP contribution < -0.4 is 0 Å². The highest BCUT2D eigenvalue weighted by Gasteiger charge is 2.39. The standard InChI is InChI=1S/C16H19NO2S/c1-10-7-8-17(15(10)16(18)19)11(2)14-9-12-5-3-4-6-13(12)20-14/h3-6,9-11,15H,7-8H2,1-2H3,(H,18,19). The molecule has 0 radical (unpaired) electrons. The van der Waals surface area contributed by atoms with Crippen LogP contribution in [0, 0.1) is 5.92 Å².